The molecule has 2 N–H and O–H groups in total. The van der Waals surface area contributed by atoms with Crippen molar-refractivity contribution in [3.63, 3.8) is 0 Å². The molecular formula is C24H34N2O. The molecule has 0 spiro atoms. The summed E-state index contributed by atoms with van der Waals surface area (Å²) >= 11 is 0. The van der Waals surface area contributed by atoms with E-state index in [4.69, 9.17) is 0 Å². The summed E-state index contributed by atoms with van der Waals surface area (Å²) in [5.41, 5.74) is 4.20. The third-order valence-electron chi connectivity index (χ3n) is 8.06. The van der Waals surface area contributed by atoms with Gasteiger partial charge in [0.25, 0.3) is 0 Å². The summed E-state index contributed by atoms with van der Waals surface area (Å²) in [4.78, 5) is 12.9. The molecule has 1 aromatic carbocycles. The van der Waals surface area contributed by atoms with E-state index >= 15 is 0 Å². The quantitative estimate of drug-likeness (QED) is 0.691. The van der Waals surface area contributed by atoms with Crippen molar-refractivity contribution in [3.05, 3.63) is 29.3 Å². The number of benzene rings is 1. The van der Waals surface area contributed by atoms with Crippen LogP contribution in [0.4, 0.5) is 10.5 Å². The number of rotatable bonds is 5. The fourth-order valence-corrected chi connectivity index (χ4v) is 7.40. The smallest absolute Gasteiger partial charge is 0.319 e. The van der Waals surface area contributed by atoms with Crippen molar-refractivity contribution in [2.24, 2.45) is 23.2 Å². The number of hydrogen-bond acceptors (Lipinski definition) is 1. The van der Waals surface area contributed by atoms with Gasteiger partial charge in [-0.25, -0.2) is 4.79 Å². The van der Waals surface area contributed by atoms with Crippen LogP contribution in [-0.4, -0.2) is 12.1 Å². The molecule has 2 amide bonds. The van der Waals surface area contributed by atoms with Gasteiger partial charge in [0.2, 0.25) is 0 Å². The number of carbonyl (C=O) groups is 1. The third-order valence-corrected chi connectivity index (χ3v) is 8.06. The van der Waals surface area contributed by atoms with E-state index in [1.165, 1.54) is 62.5 Å². The van der Waals surface area contributed by atoms with Gasteiger partial charge in [-0.1, -0.05) is 19.4 Å². The highest BCUT2D eigenvalue weighted by molar-refractivity contribution is 5.89. The van der Waals surface area contributed by atoms with E-state index in [0.29, 0.717) is 11.5 Å². The van der Waals surface area contributed by atoms with Gasteiger partial charge in [-0.2, -0.15) is 0 Å². The molecule has 1 aromatic rings. The molecule has 0 heterocycles. The molecule has 27 heavy (non-hydrogen) atoms. The first kappa shape index (κ1) is 17.6. The lowest BCUT2D eigenvalue weighted by atomic mass is 9.47. The molecular weight excluding hydrogens is 332 g/mol. The van der Waals surface area contributed by atoms with E-state index < -0.39 is 0 Å². The summed E-state index contributed by atoms with van der Waals surface area (Å²) in [6.45, 7) is 2.26. The molecule has 4 bridgehead atoms. The highest BCUT2D eigenvalue weighted by Gasteiger charge is 2.54. The maximum Gasteiger partial charge on any atom is 0.319 e. The number of fused-ring (bicyclic) bond motifs is 1. The van der Waals surface area contributed by atoms with Crippen LogP contribution in [0.1, 0.15) is 75.8 Å². The Hall–Kier alpha value is -1.51. The lowest BCUT2D eigenvalue weighted by Gasteiger charge is -2.59. The highest BCUT2D eigenvalue weighted by Crippen LogP contribution is 2.61. The monoisotopic (exact) mass is 366 g/mol. The summed E-state index contributed by atoms with van der Waals surface area (Å²) < 4.78 is 0. The van der Waals surface area contributed by atoms with E-state index in [1.807, 2.05) is 0 Å². The average Bonchev–Trinajstić information content (AvgIpc) is 3.08. The van der Waals surface area contributed by atoms with Gasteiger partial charge < -0.3 is 10.6 Å². The lowest BCUT2D eigenvalue weighted by molar-refractivity contribution is -0.0727. The maximum absolute atomic E-state index is 12.9. The van der Waals surface area contributed by atoms with Crippen LogP contribution in [0, 0.1) is 23.2 Å². The molecule has 3 nitrogen and oxygen atoms in total. The van der Waals surface area contributed by atoms with E-state index in [2.05, 4.69) is 35.8 Å². The zero-order chi connectivity index (χ0) is 18.4. The molecule has 4 fully saturated rings. The molecule has 0 unspecified atom stereocenters. The van der Waals surface area contributed by atoms with Crippen LogP contribution < -0.4 is 10.6 Å². The third kappa shape index (κ3) is 3.28. The van der Waals surface area contributed by atoms with E-state index in [0.717, 1.165) is 42.7 Å². The molecule has 146 valence electrons. The molecule has 4 saturated carbocycles. The Labute approximate surface area is 163 Å². The molecule has 5 aliphatic rings. The minimum atomic E-state index is 0.00198. The predicted molar refractivity (Wildman–Crippen MR) is 110 cm³/mol. The standard InChI is InChI=1S/C24H34N2O/c1-2-4-22(24-13-16-9-17(14-24)11-18(10-16)15-24)26-23(27)25-21-8-7-19-5-3-6-20(19)12-21/h7-8,12,16-18,22H,2-6,9-11,13-15H2,1H3,(H2,25,26,27)/t16?,17?,18?,22-,24?/m0/s1. The first-order valence-corrected chi connectivity index (χ1v) is 11.3. The number of carbonyl (C=O) groups excluding carboxylic acids is 1. The molecule has 0 radical (unpaired) electrons. The molecule has 0 saturated heterocycles. The van der Waals surface area contributed by atoms with Crippen molar-refractivity contribution in [3.8, 4) is 0 Å². The zero-order valence-corrected chi connectivity index (χ0v) is 16.7. The van der Waals surface area contributed by atoms with Crippen molar-refractivity contribution in [2.45, 2.75) is 83.6 Å². The SMILES string of the molecule is CCC[C@H](NC(=O)Nc1ccc2c(c1)CCC2)C12CC3CC(CC(C3)C1)C2. The second kappa shape index (κ2) is 6.83. The predicted octanol–water partition coefficient (Wildman–Crippen LogP) is 5.68. The zero-order valence-electron chi connectivity index (χ0n) is 16.7. The van der Waals surface area contributed by atoms with Gasteiger partial charge in [-0.3, -0.25) is 0 Å². The largest absolute Gasteiger partial charge is 0.335 e. The summed E-state index contributed by atoms with van der Waals surface area (Å²) in [7, 11) is 0. The molecule has 5 aliphatic carbocycles. The molecule has 0 aromatic heterocycles. The summed E-state index contributed by atoms with van der Waals surface area (Å²) in [5.74, 6) is 2.78. The van der Waals surface area contributed by atoms with Crippen molar-refractivity contribution < 1.29 is 4.79 Å². The van der Waals surface area contributed by atoms with Gasteiger partial charge in [-0.05, 0) is 111 Å². The Morgan fingerprint density at radius 1 is 1.07 bits per heavy atom. The normalized spacial score (nSPS) is 34.3. The summed E-state index contributed by atoms with van der Waals surface area (Å²) in [6.07, 6.45) is 14.3. The number of aryl methyl sites for hydroxylation is 2. The van der Waals surface area contributed by atoms with Crippen molar-refractivity contribution in [1.29, 1.82) is 0 Å². The topological polar surface area (TPSA) is 41.1 Å². The van der Waals surface area contributed by atoms with Gasteiger partial charge in [0.1, 0.15) is 0 Å². The van der Waals surface area contributed by atoms with E-state index in [1.54, 1.807) is 0 Å². The fraction of sp³-hybridized carbons (Fsp3) is 0.708. The Balaban J connectivity index is 1.29. The van der Waals surface area contributed by atoms with Gasteiger partial charge >= 0.3 is 6.03 Å². The van der Waals surface area contributed by atoms with Crippen LogP contribution in [0.15, 0.2) is 18.2 Å². The minimum absolute atomic E-state index is 0.00198. The maximum atomic E-state index is 12.9. The molecule has 6 rings (SSSR count). The number of amides is 2. The Morgan fingerprint density at radius 2 is 1.74 bits per heavy atom. The van der Waals surface area contributed by atoms with E-state index in [-0.39, 0.29) is 6.03 Å². The minimum Gasteiger partial charge on any atom is -0.335 e. The van der Waals surface area contributed by atoms with Gasteiger partial charge in [-0.15, -0.1) is 0 Å². The number of anilines is 1. The van der Waals surface area contributed by atoms with Gasteiger partial charge in [0, 0.05) is 11.7 Å². The second-order valence-corrected chi connectivity index (χ2v) is 10.1. The lowest BCUT2D eigenvalue weighted by Crippen LogP contribution is -2.57. The molecule has 3 heteroatoms. The van der Waals surface area contributed by atoms with Crippen LogP contribution in [0.2, 0.25) is 0 Å². The van der Waals surface area contributed by atoms with Crippen LogP contribution in [-0.2, 0) is 12.8 Å². The first-order chi connectivity index (χ1) is 13.1. The van der Waals surface area contributed by atoms with Crippen molar-refractivity contribution in [2.75, 3.05) is 5.32 Å². The Morgan fingerprint density at radius 3 is 2.41 bits per heavy atom. The molecule has 0 aliphatic heterocycles. The average molecular weight is 367 g/mol. The summed E-state index contributed by atoms with van der Waals surface area (Å²) in [5, 5.41) is 6.58. The van der Waals surface area contributed by atoms with Crippen LogP contribution in [0.25, 0.3) is 0 Å². The van der Waals surface area contributed by atoms with Crippen molar-refractivity contribution in [1.82, 2.24) is 5.32 Å². The number of urea groups is 1. The number of nitrogens with one attached hydrogen (secondary N) is 2. The fourth-order valence-electron chi connectivity index (χ4n) is 7.40. The number of hydrogen-bond donors (Lipinski definition) is 2. The Bertz CT molecular complexity index is 690. The first-order valence-electron chi connectivity index (χ1n) is 11.3. The van der Waals surface area contributed by atoms with Gasteiger partial charge in [0.05, 0.1) is 0 Å². The summed E-state index contributed by atoms with van der Waals surface area (Å²) in [6, 6.07) is 6.79. The highest BCUT2D eigenvalue weighted by atomic mass is 16.2. The molecule has 1 atom stereocenters. The van der Waals surface area contributed by atoms with Crippen molar-refractivity contribution >= 4 is 11.7 Å². The van der Waals surface area contributed by atoms with Crippen LogP contribution in [0.3, 0.4) is 0 Å². The Kier molecular flexibility index (Phi) is 4.44. The van der Waals surface area contributed by atoms with Gasteiger partial charge in [0.15, 0.2) is 0 Å². The second-order valence-electron chi connectivity index (χ2n) is 10.1. The van der Waals surface area contributed by atoms with Crippen LogP contribution in [0.5, 0.6) is 0 Å². The van der Waals surface area contributed by atoms with E-state index in [9.17, 15) is 4.79 Å². The van der Waals surface area contributed by atoms with Crippen LogP contribution >= 0.6 is 0 Å².